The van der Waals surface area contributed by atoms with Crippen molar-refractivity contribution in [2.75, 3.05) is 11.9 Å². The maximum Gasteiger partial charge on any atom is 0.143 e. The Balaban J connectivity index is 0.919. The van der Waals surface area contributed by atoms with Gasteiger partial charge in [-0.2, -0.15) is 0 Å². The summed E-state index contributed by atoms with van der Waals surface area (Å²) in [5, 5.41) is 6.02. The van der Waals surface area contributed by atoms with E-state index in [1.54, 1.807) is 0 Å². The number of rotatable bonds is 6. The van der Waals surface area contributed by atoms with Crippen LogP contribution in [0.1, 0.15) is 46.3 Å². The molecule has 3 atom stereocenters. The molecule has 0 saturated heterocycles. The number of aliphatic imine (C=N–C) groups is 1. The van der Waals surface area contributed by atoms with Crippen molar-refractivity contribution < 1.29 is 4.42 Å². The Bertz CT molecular complexity index is 2980. The van der Waals surface area contributed by atoms with Crippen LogP contribution in [0.25, 0.3) is 45.2 Å². The van der Waals surface area contributed by atoms with E-state index in [1.165, 1.54) is 22.3 Å². The molecule has 3 aliphatic rings. The predicted molar refractivity (Wildman–Crippen MR) is 244 cm³/mol. The van der Waals surface area contributed by atoms with Gasteiger partial charge in [-0.05, 0) is 71.6 Å². The van der Waals surface area contributed by atoms with E-state index in [9.17, 15) is 0 Å². The molecule has 3 heterocycles. The Morgan fingerprint density at radius 1 is 0.644 bits per heavy atom. The Hall–Kier alpha value is -7.21. The molecule has 3 unspecified atom stereocenters. The number of anilines is 3. The van der Waals surface area contributed by atoms with Gasteiger partial charge in [-0.3, -0.25) is 4.90 Å². The molecule has 0 amide bonds. The van der Waals surface area contributed by atoms with Crippen molar-refractivity contribution in [2.24, 2.45) is 4.99 Å². The van der Waals surface area contributed by atoms with Crippen molar-refractivity contribution in [1.29, 1.82) is 0 Å². The fourth-order valence-corrected chi connectivity index (χ4v) is 9.14. The van der Waals surface area contributed by atoms with Gasteiger partial charge in [-0.15, -0.1) is 0 Å². The van der Waals surface area contributed by atoms with Crippen LogP contribution in [0.5, 0.6) is 0 Å². The zero-order chi connectivity index (χ0) is 39.3. The summed E-state index contributed by atoms with van der Waals surface area (Å²) in [6.45, 7) is 0. The predicted octanol–water partition coefficient (Wildman–Crippen LogP) is 13.2. The van der Waals surface area contributed by atoms with E-state index in [1.807, 2.05) is 6.07 Å². The molecule has 1 aromatic heterocycles. The molecule has 0 saturated carbocycles. The summed E-state index contributed by atoms with van der Waals surface area (Å²) >= 11 is 0. The molecule has 59 heavy (non-hydrogen) atoms. The molecule has 1 N–H and O–H groups in total. The minimum atomic E-state index is -0.104. The summed E-state index contributed by atoms with van der Waals surface area (Å²) in [5.41, 5.74) is 14.6. The summed E-state index contributed by atoms with van der Waals surface area (Å²) in [4.78, 5) is 9.90. The van der Waals surface area contributed by atoms with Gasteiger partial charge in [0.25, 0.3) is 0 Å². The van der Waals surface area contributed by atoms with Crippen molar-refractivity contribution >= 4 is 57.0 Å². The summed E-state index contributed by atoms with van der Waals surface area (Å²) in [7, 11) is 2.16. The van der Waals surface area contributed by atoms with Crippen molar-refractivity contribution in [1.82, 2.24) is 10.2 Å². The molecular formula is C54H42N4O. The highest BCUT2D eigenvalue weighted by Crippen LogP contribution is 2.47. The van der Waals surface area contributed by atoms with Gasteiger partial charge in [-0.25, -0.2) is 4.99 Å². The highest BCUT2D eigenvalue weighted by Gasteiger charge is 2.33. The molecule has 7 aromatic carbocycles. The Morgan fingerprint density at radius 3 is 2.19 bits per heavy atom. The molecule has 2 aliphatic heterocycles. The summed E-state index contributed by atoms with van der Waals surface area (Å²) in [6.07, 6.45) is 12.3. The maximum atomic E-state index is 6.82. The monoisotopic (exact) mass is 762 g/mol. The second-order valence-electron chi connectivity index (χ2n) is 15.6. The van der Waals surface area contributed by atoms with E-state index in [0.717, 1.165) is 73.5 Å². The fraction of sp³-hybridized carbons (Fsp3) is 0.0926. The second-order valence-corrected chi connectivity index (χ2v) is 15.6. The Labute approximate surface area is 344 Å². The number of benzene rings is 7. The Morgan fingerprint density at radius 2 is 1.37 bits per heavy atom. The van der Waals surface area contributed by atoms with Crippen molar-refractivity contribution in [3.8, 4) is 11.1 Å². The molecule has 0 fully saturated rings. The first-order valence-electron chi connectivity index (χ1n) is 20.4. The molecule has 0 bridgehead atoms. The van der Waals surface area contributed by atoms with Crippen LogP contribution in [0.3, 0.4) is 0 Å². The van der Waals surface area contributed by atoms with E-state index in [0.29, 0.717) is 0 Å². The van der Waals surface area contributed by atoms with Gasteiger partial charge in [0.1, 0.15) is 29.3 Å². The molecule has 0 spiro atoms. The van der Waals surface area contributed by atoms with Gasteiger partial charge < -0.3 is 14.6 Å². The number of allylic oxidation sites excluding steroid dienone is 2. The first-order chi connectivity index (χ1) is 29.2. The van der Waals surface area contributed by atoms with E-state index >= 15 is 0 Å². The number of nitrogens with one attached hydrogen (secondary N) is 1. The average molecular weight is 763 g/mol. The standard InChI is InChI=1S/C54H42N4O/c1-57-53(39-18-7-3-8-19-39)55-52(38-16-5-2-6-17-38)56-54(57)40-29-27-36(28-30-40)41-20-13-21-42(35-41)44-24-14-25-46-50-45-32-31-37-15-11-12-26-47(37)58(43-22-9-4-10-23-43)48(45)33-34-49(50)59-51(44)46/h2-27,29-36,53-54H,28H2,1H3,(H,55,56). The summed E-state index contributed by atoms with van der Waals surface area (Å²) in [5.74, 6) is 1.17. The Kier molecular flexibility index (Phi) is 8.67. The van der Waals surface area contributed by atoms with Crippen LogP contribution in [0.4, 0.5) is 17.1 Å². The fourth-order valence-electron chi connectivity index (χ4n) is 9.14. The highest BCUT2D eigenvalue weighted by atomic mass is 16.3. The first kappa shape index (κ1) is 35.0. The van der Waals surface area contributed by atoms with E-state index in [-0.39, 0.29) is 18.2 Å². The molecule has 11 rings (SSSR count). The average Bonchev–Trinajstić information content (AvgIpc) is 3.61. The van der Waals surface area contributed by atoms with Crippen LogP contribution in [0, 0.1) is 0 Å². The number of likely N-dealkylation sites (N-methyl/N-ethyl adjacent to an activating group) is 1. The normalized spacial score (nSPS) is 18.8. The van der Waals surface area contributed by atoms with Gasteiger partial charge >= 0.3 is 0 Å². The topological polar surface area (TPSA) is 44.0 Å². The van der Waals surface area contributed by atoms with Gasteiger partial charge in [-0.1, -0.05) is 170 Å². The van der Waals surface area contributed by atoms with Gasteiger partial charge in [0, 0.05) is 39.1 Å². The number of furan rings is 1. The second kappa shape index (κ2) is 14.6. The molecule has 5 nitrogen and oxygen atoms in total. The molecule has 1 aliphatic carbocycles. The van der Waals surface area contributed by atoms with Crippen LogP contribution in [-0.4, -0.2) is 23.9 Å². The van der Waals surface area contributed by atoms with Gasteiger partial charge in [0.15, 0.2) is 0 Å². The van der Waals surface area contributed by atoms with Gasteiger partial charge in [0.05, 0.1) is 11.4 Å². The molecule has 5 heteroatoms. The lowest BCUT2D eigenvalue weighted by Gasteiger charge is -2.40. The molecule has 8 aromatic rings. The first-order valence-corrected chi connectivity index (χ1v) is 20.4. The van der Waals surface area contributed by atoms with Crippen LogP contribution in [-0.2, 0) is 0 Å². The zero-order valence-electron chi connectivity index (χ0n) is 32.7. The minimum Gasteiger partial charge on any atom is -0.455 e. The highest BCUT2D eigenvalue weighted by molar-refractivity contribution is 6.16. The van der Waals surface area contributed by atoms with E-state index in [2.05, 4.69) is 216 Å². The molecule has 0 radical (unpaired) electrons. The third-order valence-corrected chi connectivity index (χ3v) is 12.1. The number of para-hydroxylation sites is 3. The SMILES string of the molecule is CN1C(C2=CCC(c3cccc(-c4cccc5c4oc4ccc6c(c45)C=Cc4ccccc4N6c4ccccc4)c3)C=C2)NC(c2ccccc2)=NC1c1ccccc1. The third kappa shape index (κ3) is 6.19. The zero-order valence-corrected chi connectivity index (χ0v) is 32.7. The number of fused-ring (bicyclic) bond motifs is 6. The molecule has 284 valence electrons. The van der Waals surface area contributed by atoms with Crippen LogP contribution in [0.2, 0.25) is 0 Å². The number of nitrogens with zero attached hydrogens (tertiary/aromatic N) is 3. The lowest BCUT2D eigenvalue weighted by atomic mass is 9.87. The minimum absolute atomic E-state index is 0.0269. The van der Waals surface area contributed by atoms with E-state index < -0.39 is 0 Å². The van der Waals surface area contributed by atoms with E-state index in [4.69, 9.17) is 9.41 Å². The smallest absolute Gasteiger partial charge is 0.143 e. The lowest BCUT2D eigenvalue weighted by molar-refractivity contribution is 0.177. The van der Waals surface area contributed by atoms with Crippen molar-refractivity contribution in [2.45, 2.75) is 24.7 Å². The number of hydrogen-bond acceptors (Lipinski definition) is 5. The number of amidine groups is 1. The van der Waals surface area contributed by atoms with Gasteiger partial charge in [0.2, 0.25) is 0 Å². The number of hydrogen-bond donors (Lipinski definition) is 1. The summed E-state index contributed by atoms with van der Waals surface area (Å²) < 4.78 is 6.82. The quantitative estimate of drug-likeness (QED) is 0.183. The van der Waals surface area contributed by atoms with Crippen LogP contribution >= 0.6 is 0 Å². The lowest BCUT2D eigenvalue weighted by Crippen LogP contribution is -2.52. The van der Waals surface area contributed by atoms with Crippen LogP contribution < -0.4 is 10.2 Å². The largest absolute Gasteiger partial charge is 0.455 e. The summed E-state index contributed by atoms with van der Waals surface area (Å²) in [6, 6.07) is 60.2. The van der Waals surface area contributed by atoms with Crippen molar-refractivity contribution in [3.63, 3.8) is 0 Å². The maximum absolute atomic E-state index is 6.82. The molecular weight excluding hydrogens is 721 g/mol. The van der Waals surface area contributed by atoms with Crippen molar-refractivity contribution in [3.05, 3.63) is 221 Å². The third-order valence-electron chi connectivity index (χ3n) is 12.1. The van der Waals surface area contributed by atoms with Crippen LogP contribution in [0.15, 0.2) is 203 Å².